The second-order valence-corrected chi connectivity index (χ2v) is 5.89. The molecule has 0 saturated carbocycles. The van der Waals surface area contributed by atoms with Gasteiger partial charge in [-0.25, -0.2) is 0 Å². The largest absolute Gasteiger partial charge is 0.493 e. The molecule has 0 spiro atoms. The Balaban J connectivity index is 1.91. The molecule has 1 atom stereocenters. The first-order chi connectivity index (χ1) is 11.2. The summed E-state index contributed by atoms with van der Waals surface area (Å²) in [6.45, 7) is 6.08. The van der Waals surface area contributed by atoms with Crippen molar-refractivity contribution in [2.24, 2.45) is 0 Å². The van der Waals surface area contributed by atoms with Crippen LogP contribution in [0.4, 0.5) is 0 Å². The van der Waals surface area contributed by atoms with E-state index in [4.69, 9.17) is 9.47 Å². The van der Waals surface area contributed by atoms with Crippen LogP contribution in [0.3, 0.4) is 0 Å². The molecule has 0 aliphatic carbocycles. The number of hydrogen-bond donors (Lipinski definition) is 1. The van der Waals surface area contributed by atoms with E-state index in [0.717, 1.165) is 24.5 Å². The molecule has 0 fully saturated rings. The Bertz CT molecular complexity index is 583. The Morgan fingerprint density at radius 1 is 1.00 bits per heavy atom. The van der Waals surface area contributed by atoms with Crippen LogP contribution in [0.25, 0.3) is 0 Å². The normalized spacial score (nSPS) is 12.0. The second-order valence-electron chi connectivity index (χ2n) is 5.89. The molecule has 2 rings (SSSR count). The highest BCUT2D eigenvalue weighted by atomic mass is 16.5. The van der Waals surface area contributed by atoms with Crippen molar-refractivity contribution >= 4 is 0 Å². The molecule has 0 saturated heterocycles. The second kappa shape index (κ2) is 9.21. The van der Waals surface area contributed by atoms with Crippen molar-refractivity contribution in [3.05, 3.63) is 59.7 Å². The first-order valence-corrected chi connectivity index (χ1v) is 8.40. The predicted molar refractivity (Wildman–Crippen MR) is 94.0 cm³/mol. The van der Waals surface area contributed by atoms with Crippen LogP contribution in [-0.4, -0.2) is 19.8 Å². The van der Waals surface area contributed by atoms with E-state index in [-0.39, 0.29) is 0 Å². The molecule has 0 radical (unpaired) electrons. The third-order valence-electron chi connectivity index (χ3n) is 4.12. The molecule has 3 heteroatoms. The third-order valence-corrected chi connectivity index (χ3v) is 4.12. The summed E-state index contributed by atoms with van der Waals surface area (Å²) in [5, 5.41) is 2.35. The van der Waals surface area contributed by atoms with Crippen LogP contribution in [0.1, 0.15) is 31.4 Å². The number of nitrogens with two attached hydrogens (primary N) is 1. The van der Waals surface area contributed by atoms with E-state index in [2.05, 4.69) is 55.6 Å². The molecule has 2 N–H and O–H groups in total. The van der Waals surface area contributed by atoms with E-state index in [1.54, 1.807) is 7.11 Å². The maximum absolute atomic E-state index is 5.90. The van der Waals surface area contributed by atoms with E-state index in [1.807, 2.05) is 12.1 Å². The van der Waals surface area contributed by atoms with Crippen LogP contribution in [0.5, 0.6) is 11.5 Å². The molecule has 0 aromatic heterocycles. The molecule has 0 heterocycles. The highest BCUT2D eigenvalue weighted by molar-refractivity contribution is 5.42. The zero-order valence-electron chi connectivity index (χ0n) is 14.4. The minimum Gasteiger partial charge on any atom is -0.493 e. The lowest BCUT2D eigenvalue weighted by atomic mass is 10.1. The van der Waals surface area contributed by atoms with Crippen LogP contribution in [-0.2, 0) is 13.0 Å². The molecule has 0 bridgehead atoms. The topological polar surface area (TPSA) is 35.1 Å². The molecule has 2 aromatic carbocycles. The number of methoxy groups -OCH3 is 1. The molecule has 3 nitrogen and oxygen atoms in total. The van der Waals surface area contributed by atoms with Crippen LogP contribution in [0, 0.1) is 0 Å². The minimum absolute atomic E-state index is 0.641. The van der Waals surface area contributed by atoms with Gasteiger partial charge in [0, 0.05) is 12.0 Å². The lowest BCUT2D eigenvalue weighted by Crippen LogP contribution is -2.87. The van der Waals surface area contributed by atoms with Gasteiger partial charge in [0.15, 0.2) is 11.5 Å². The summed E-state index contributed by atoms with van der Waals surface area (Å²) in [5.74, 6) is 1.63. The average Bonchev–Trinajstić information content (AvgIpc) is 2.61. The molecule has 23 heavy (non-hydrogen) atoms. The number of ether oxygens (including phenoxy) is 2. The summed E-state index contributed by atoms with van der Waals surface area (Å²) in [6.07, 6.45) is 2.07. The molecule has 0 aliphatic heterocycles. The van der Waals surface area contributed by atoms with Gasteiger partial charge in [-0.2, -0.15) is 0 Å². The number of quaternary nitrogens is 1. The monoisotopic (exact) mass is 314 g/mol. The van der Waals surface area contributed by atoms with Crippen LogP contribution < -0.4 is 14.8 Å². The van der Waals surface area contributed by atoms with Crippen molar-refractivity contribution in [3.63, 3.8) is 0 Å². The fraction of sp³-hybridized carbons (Fsp3) is 0.400. The number of hydrogen-bond acceptors (Lipinski definition) is 2. The van der Waals surface area contributed by atoms with E-state index in [1.165, 1.54) is 17.5 Å². The van der Waals surface area contributed by atoms with Gasteiger partial charge in [-0.05, 0) is 37.1 Å². The zero-order valence-corrected chi connectivity index (χ0v) is 14.4. The van der Waals surface area contributed by atoms with Gasteiger partial charge in [-0.1, -0.05) is 37.3 Å². The highest BCUT2D eigenvalue weighted by Crippen LogP contribution is 2.28. The van der Waals surface area contributed by atoms with Gasteiger partial charge in [0.05, 0.1) is 19.8 Å². The van der Waals surface area contributed by atoms with Gasteiger partial charge in [-0.15, -0.1) is 0 Å². The lowest BCUT2D eigenvalue weighted by molar-refractivity contribution is -0.701. The summed E-state index contributed by atoms with van der Waals surface area (Å²) >= 11 is 0. The van der Waals surface area contributed by atoms with Crippen LogP contribution >= 0.6 is 0 Å². The lowest BCUT2D eigenvalue weighted by Gasteiger charge is -2.13. The average molecular weight is 314 g/mol. The molecule has 0 aliphatic rings. The smallest absolute Gasteiger partial charge is 0.161 e. The van der Waals surface area contributed by atoms with Crippen LogP contribution in [0.2, 0.25) is 0 Å². The maximum atomic E-state index is 5.90. The summed E-state index contributed by atoms with van der Waals surface area (Å²) in [4.78, 5) is 0. The van der Waals surface area contributed by atoms with E-state index < -0.39 is 0 Å². The fourth-order valence-electron chi connectivity index (χ4n) is 2.39. The molecule has 0 amide bonds. The first kappa shape index (κ1) is 17.4. The van der Waals surface area contributed by atoms with E-state index in [0.29, 0.717) is 12.6 Å². The highest BCUT2D eigenvalue weighted by Gasteiger charge is 2.08. The number of benzene rings is 2. The SMILES string of the molecule is CC[C@H](C)[NH2+]Cc1ccc(OCCc2ccccc2)c(OC)c1. The molecular formula is C20H28NO2+. The Hall–Kier alpha value is -2.00. The Morgan fingerprint density at radius 3 is 2.48 bits per heavy atom. The minimum atomic E-state index is 0.641. The molecular weight excluding hydrogens is 286 g/mol. The van der Waals surface area contributed by atoms with Gasteiger partial charge >= 0.3 is 0 Å². The Labute approximate surface area is 139 Å². The molecule has 0 unspecified atom stereocenters. The van der Waals surface area contributed by atoms with Gasteiger partial charge in [0.2, 0.25) is 0 Å². The molecule has 2 aromatic rings. The predicted octanol–water partition coefficient (Wildman–Crippen LogP) is 3.18. The van der Waals surface area contributed by atoms with Crippen molar-refractivity contribution in [1.29, 1.82) is 0 Å². The summed E-state index contributed by atoms with van der Waals surface area (Å²) < 4.78 is 11.4. The van der Waals surface area contributed by atoms with Gasteiger partial charge in [0.25, 0.3) is 0 Å². The first-order valence-electron chi connectivity index (χ1n) is 8.40. The van der Waals surface area contributed by atoms with Crippen molar-refractivity contribution < 1.29 is 14.8 Å². The third kappa shape index (κ3) is 5.61. The standard InChI is InChI=1S/C20H27NO2/c1-4-16(2)21-15-18-10-11-19(20(14-18)22-3)23-13-12-17-8-6-5-7-9-17/h5-11,14,16,21H,4,12-13,15H2,1-3H3/p+1/t16-/m0/s1. The number of rotatable bonds is 9. The van der Waals surface area contributed by atoms with E-state index in [9.17, 15) is 0 Å². The Kier molecular flexibility index (Phi) is 6.95. The summed E-state index contributed by atoms with van der Waals surface area (Å²) in [7, 11) is 1.70. The fourth-order valence-corrected chi connectivity index (χ4v) is 2.39. The van der Waals surface area contributed by atoms with Gasteiger partial charge < -0.3 is 14.8 Å². The zero-order chi connectivity index (χ0) is 16.5. The van der Waals surface area contributed by atoms with Crippen molar-refractivity contribution in [2.45, 2.75) is 39.3 Å². The van der Waals surface area contributed by atoms with Crippen molar-refractivity contribution in [3.8, 4) is 11.5 Å². The van der Waals surface area contributed by atoms with Crippen molar-refractivity contribution in [1.82, 2.24) is 0 Å². The maximum Gasteiger partial charge on any atom is 0.161 e. The quantitative estimate of drug-likeness (QED) is 0.771. The van der Waals surface area contributed by atoms with Gasteiger partial charge in [0.1, 0.15) is 6.54 Å². The Morgan fingerprint density at radius 2 is 1.78 bits per heavy atom. The van der Waals surface area contributed by atoms with Crippen LogP contribution in [0.15, 0.2) is 48.5 Å². The van der Waals surface area contributed by atoms with Crippen molar-refractivity contribution in [2.75, 3.05) is 13.7 Å². The molecule has 124 valence electrons. The summed E-state index contributed by atoms with van der Waals surface area (Å²) in [6, 6.07) is 17.2. The van der Waals surface area contributed by atoms with E-state index >= 15 is 0 Å². The summed E-state index contributed by atoms with van der Waals surface area (Å²) in [5.41, 5.74) is 2.55. The van der Waals surface area contributed by atoms with Gasteiger partial charge in [-0.3, -0.25) is 0 Å².